The van der Waals surface area contributed by atoms with Gasteiger partial charge in [0.1, 0.15) is 11.4 Å². The van der Waals surface area contributed by atoms with Crippen molar-refractivity contribution in [2.24, 2.45) is 0 Å². The molecule has 4 rings (SSSR count). The fourth-order valence-electron chi connectivity index (χ4n) is 4.31. The highest BCUT2D eigenvalue weighted by Gasteiger charge is 2.50. The van der Waals surface area contributed by atoms with Crippen molar-refractivity contribution in [2.75, 3.05) is 5.32 Å². The lowest BCUT2D eigenvalue weighted by atomic mass is 9.71. The average Bonchev–Trinajstić information content (AvgIpc) is 2.91. The van der Waals surface area contributed by atoms with E-state index in [2.05, 4.69) is 10.3 Å². The molecular weight excluding hydrogens is 380 g/mol. The third kappa shape index (κ3) is 3.02. The van der Waals surface area contributed by atoms with E-state index in [9.17, 15) is 14.7 Å². The van der Waals surface area contributed by atoms with Gasteiger partial charge in [0.15, 0.2) is 0 Å². The Bertz CT molecular complexity index is 957. The van der Waals surface area contributed by atoms with E-state index in [-0.39, 0.29) is 17.7 Å². The Morgan fingerprint density at radius 3 is 2.50 bits per heavy atom. The number of carboxylic acid groups (broad SMARTS) is 1. The van der Waals surface area contributed by atoms with E-state index >= 15 is 0 Å². The van der Waals surface area contributed by atoms with E-state index in [1.165, 1.54) is 6.07 Å². The maximum Gasteiger partial charge on any atom is 0.354 e. The molecule has 1 aromatic carbocycles. The molecule has 2 aromatic rings. The molecule has 2 N–H and O–H groups in total. The van der Waals surface area contributed by atoms with Gasteiger partial charge in [0.25, 0.3) is 0 Å². The van der Waals surface area contributed by atoms with E-state index < -0.39 is 11.4 Å². The Balaban J connectivity index is 1.56. The van der Waals surface area contributed by atoms with Crippen LogP contribution in [0.5, 0.6) is 5.75 Å². The van der Waals surface area contributed by atoms with Gasteiger partial charge in [-0.2, -0.15) is 0 Å². The first kappa shape index (κ1) is 18.7. The number of carbonyl (C=O) groups is 2. The summed E-state index contributed by atoms with van der Waals surface area (Å²) in [4.78, 5) is 28.3. The molecule has 1 amide bonds. The number of anilines is 1. The molecular formula is C21H21ClN2O4. The molecule has 1 aliphatic heterocycles. The van der Waals surface area contributed by atoms with Crippen molar-refractivity contribution in [3.8, 4) is 5.75 Å². The van der Waals surface area contributed by atoms with Gasteiger partial charge in [-0.25, -0.2) is 9.78 Å². The Morgan fingerprint density at radius 2 is 1.89 bits per heavy atom. The van der Waals surface area contributed by atoms with Crippen LogP contribution in [0.3, 0.4) is 0 Å². The summed E-state index contributed by atoms with van der Waals surface area (Å²) in [6.07, 6.45) is 2.50. The Hall–Kier alpha value is -2.60. The molecule has 28 heavy (non-hydrogen) atoms. The van der Waals surface area contributed by atoms with E-state index in [0.29, 0.717) is 42.1 Å². The van der Waals surface area contributed by atoms with Gasteiger partial charge in [0, 0.05) is 5.02 Å². The lowest BCUT2D eigenvalue weighted by Gasteiger charge is -2.35. The molecule has 146 valence electrons. The highest BCUT2D eigenvalue weighted by atomic mass is 35.5. The molecule has 7 heteroatoms. The first-order valence-corrected chi connectivity index (χ1v) is 9.67. The van der Waals surface area contributed by atoms with Gasteiger partial charge in [-0.1, -0.05) is 11.6 Å². The smallest absolute Gasteiger partial charge is 0.354 e. The van der Waals surface area contributed by atoms with Crippen LogP contribution in [-0.2, 0) is 10.2 Å². The first-order chi connectivity index (χ1) is 13.3. The Kier molecular flexibility index (Phi) is 4.54. The highest BCUT2D eigenvalue weighted by Crippen LogP contribution is 2.47. The van der Waals surface area contributed by atoms with E-state index in [0.717, 1.165) is 16.9 Å². The van der Waals surface area contributed by atoms with Crippen molar-refractivity contribution >= 4 is 29.2 Å². The summed E-state index contributed by atoms with van der Waals surface area (Å²) in [6, 6.07) is 6.81. The molecule has 0 saturated heterocycles. The Morgan fingerprint density at radius 1 is 1.25 bits per heavy atom. The highest BCUT2D eigenvalue weighted by molar-refractivity contribution is 6.30. The topological polar surface area (TPSA) is 88.5 Å². The molecule has 0 unspecified atom stereocenters. The molecule has 2 aliphatic rings. The standard InChI is InChI=1S/C21H21ClN2O4/c1-11-9-13(22)10-12(2)17(11)28-14-5-7-21(8-6-14)18-15(24-20(21)27)3-4-16(23-18)19(25)26/h3-4,9-10,14H,5-8H2,1-2H3,(H,24,27)(H,25,26)/t14-,21+. The molecule has 1 aromatic heterocycles. The maximum absolute atomic E-state index is 12.7. The molecule has 1 aliphatic carbocycles. The number of pyridine rings is 1. The normalized spacial score (nSPS) is 23.4. The average molecular weight is 401 g/mol. The van der Waals surface area contributed by atoms with Crippen LogP contribution in [-0.4, -0.2) is 28.1 Å². The molecule has 0 atom stereocenters. The lowest BCUT2D eigenvalue weighted by Crippen LogP contribution is -2.41. The molecule has 6 nitrogen and oxygen atoms in total. The minimum Gasteiger partial charge on any atom is -0.490 e. The number of ether oxygens (including phenoxy) is 1. The minimum atomic E-state index is -1.09. The molecule has 2 heterocycles. The summed E-state index contributed by atoms with van der Waals surface area (Å²) in [5.41, 5.74) is 2.32. The number of nitrogens with one attached hydrogen (secondary N) is 1. The second kappa shape index (κ2) is 6.78. The number of carboxylic acids is 1. The van der Waals surface area contributed by atoms with Crippen molar-refractivity contribution < 1.29 is 19.4 Å². The molecule has 0 radical (unpaired) electrons. The number of aryl methyl sites for hydroxylation is 2. The Labute approximate surface area is 167 Å². The second-order valence-corrected chi connectivity index (χ2v) is 8.06. The summed E-state index contributed by atoms with van der Waals surface area (Å²) in [5, 5.41) is 12.8. The monoisotopic (exact) mass is 400 g/mol. The fraction of sp³-hybridized carbons (Fsp3) is 0.381. The van der Waals surface area contributed by atoms with Crippen molar-refractivity contribution in [2.45, 2.75) is 51.0 Å². The van der Waals surface area contributed by atoms with Crippen LogP contribution in [0, 0.1) is 13.8 Å². The van der Waals surface area contributed by atoms with Crippen molar-refractivity contribution in [3.63, 3.8) is 0 Å². The van der Waals surface area contributed by atoms with Crippen LogP contribution >= 0.6 is 11.6 Å². The van der Waals surface area contributed by atoms with Crippen LogP contribution < -0.4 is 10.1 Å². The fourth-order valence-corrected chi connectivity index (χ4v) is 4.64. The molecule has 1 spiro atoms. The molecule has 1 fully saturated rings. The second-order valence-electron chi connectivity index (χ2n) is 7.62. The molecule has 0 bridgehead atoms. The van der Waals surface area contributed by atoms with Crippen molar-refractivity contribution in [3.05, 3.63) is 51.8 Å². The van der Waals surface area contributed by atoms with Crippen LogP contribution in [0.15, 0.2) is 24.3 Å². The third-order valence-corrected chi connectivity index (χ3v) is 5.96. The van der Waals surface area contributed by atoms with Gasteiger partial charge in [-0.3, -0.25) is 4.79 Å². The summed E-state index contributed by atoms with van der Waals surface area (Å²) in [6.45, 7) is 3.94. The summed E-state index contributed by atoms with van der Waals surface area (Å²) in [5.74, 6) is -0.356. The van der Waals surface area contributed by atoms with Gasteiger partial charge in [0.05, 0.1) is 22.9 Å². The number of hydrogen-bond acceptors (Lipinski definition) is 4. The number of amides is 1. The van der Waals surface area contributed by atoms with E-state index in [4.69, 9.17) is 16.3 Å². The predicted octanol–water partition coefficient (Wildman–Crippen LogP) is 4.26. The number of halogens is 1. The van der Waals surface area contributed by atoms with E-state index in [1.807, 2.05) is 26.0 Å². The first-order valence-electron chi connectivity index (χ1n) is 9.30. The number of nitrogens with zero attached hydrogens (tertiary/aromatic N) is 1. The van der Waals surface area contributed by atoms with Crippen molar-refractivity contribution in [1.29, 1.82) is 0 Å². The summed E-state index contributed by atoms with van der Waals surface area (Å²) >= 11 is 6.10. The zero-order chi connectivity index (χ0) is 20.1. The number of rotatable bonds is 3. The number of fused-ring (bicyclic) bond motifs is 2. The van der Waals surface area contributed by atoms with E-state index in [1.54, 1.807) is 6.07 Å². The number of aromatic nitrogens is 1. The zero-order valence-corrected chi connectivity index (χ0v) is 16.5. The predicted molar refractivity (Wildman–Crippen MR) is 105 cm³/mol. The number of carbonyl (C=O) groups excluding carboxylic acids is 1. The van der Waals surface area contributed by atoms with Gasteiger partial charge in [-0.05, 0) is 74.9 Å². The summed E-state index contributed by atoms with van der Waals surface area (Å²) < 4.78 is 6.25. The van der Waals surface area contributed by atoms with Gasteiger partial charge in [0.2, 0.25) is 5.91 Å². The van der Waals surface area contributed by atoms with Gasteiger partial charge < -0.3 is 15.2 Å². The number of aromatic carboxylic acids is 1. The lowest BCUT2D eigenvalue weighted by molar-refractivity contribution is -0.122. The van der Waals surface area contributed by atoms with Crippen LogP contribution in [0.2, 0.25) is 5.02 Å². The maximum atomic E-state index is 12.7. The quantitative estimate of drug-likeness (QED) is 0.803. The largest absolute Gasteiger partial charge is 0.490 e. The third-order valence-electron chi connectivity index (χ3n) is 5.75. The minimum absolute atomic E-state index is 0.0105. The molecule has 1 saturated carbocycles. The van der Waals surface area contributed by atoms with Gasteiger partial charge in [-0.15, -0.1) is 0 Å². The number of hydrogen-bond donors (Lipinski definition) is 2. The van der Waals surface area contributed by atoms with Gasteiger partial charge >= 0.3 is 5.97 Å². The van der Waals surface area contributed by atoms with Crippen LogP contribution in [0.1, 0.15) is 53.0 Å². The zero-order valence-electron chi connectivity index (χ0n) is 15.7. The summed E-state index contributed by atoms with van der Waals surface area (Å²) in [7, 11) is 0. The van der Waals surface area contributed by atoms with Crippen LogP contribution in [0.25, 0.3) is 0 Å². The number of benzene rings is 1. The van der Waals surface area contributed by atoms with Crippen LogP contribution in [0.4, 0.5) is 5.69 Å². The SMILES string of the molecule is Cc1cc(Cl)cc(C)c1O[C@H]1CC[C@]2(CC1)C(=O)Nc1ccc(C(=O)O)nc12. The van der Waals surface area contributed by atoms with Crippen molar-refractivity contribution in [1.82, 2.24) is 4.98 Å².